The molecule has 0 aliphatic carbocycles. The van der Waals surface area contributed by atoms with Crippen molar-refractivity contribution in [3.05, 3.63) is 88.4 Å². The Kier molecular flexibility index (Phi) is 6.64. The summed E-state index contributed by atoms with van der Waals surface area (Å²) in [5.74, 6) is -0.911. The average molecular weight is 478 g/mol. The molecule has 0 bridgehead atoms. The Hall–Kier alpha value is -4.51. The largest absolute Gasteiger partial charge is 0.477 e. The van der Waals surface area contributed by atoms with Crippen LogP contribution in [0.25, 0.3) is 11.3 Å². The molecule has 11 heteroatoms. The first-order chi connectivity index (χ1) is 16.4. The van der Waals surface area contributed by atoms with Gasteiger partial charge < -0.3 is 14.5 Å². The Bertz CT molecular complexity index is 1330. The van der Waals surface area contributed by atoms with Crippen molar-refractivity contribution in [2.24, 2.45) is 0 Å². The number of hydrogen-bond donors (Lipinski definition) is 2. The first kappa shape index (κ1) is 22.7. The first-order valence-corrected chi connectivity index (χ1v) is 10.8. The number of nitrogens with zero attached hydrogens (tertiary/aromatic N) is 2. The Morgan fingerprint density at radius 3 is 2.56 bits per heavy atom. The van der Waals surface area contributed by atoms with Crippen LogP contribution in [0.2, 0.25) is 0 Å². The molecule has 0 aliphatic heterocycles. The summed E-state index contributed by atoms with van der Waals surface area (Å²) in [7, 11) is 0. The normalized spacial score (nSPS) is 10.5. The second-order valence-corrected chi connectivity index (χ2v) is 8.05. The van der Waals surface area contributed by atoms with E-state index < -0.39 is 23.3 Å². The van der Waals surface area contributed by atoms with Crippen molar-refractivity contribution in [2.75, 3.05) is 17.2 Å². The van der Waals surface area contributed by atoms with Crippen molar-refractivity contribution >= 4 is 39.0 Å². The molecule has 34 heavy (non-hydrogen) atoms. The number of anilines is 2. The smallest absolute Gasteiger partial charge is 0.310 e. The third-order valence-corrected chi connectivity index (χ3v) is 5.48. The van der Waals surface area contributed by atoms with Gasteiger partial charge in [-0.25, -0.2) is 4.98 Å². The highest BCUT2D eigenvalue weighted by molar-refractivity contribution is 7.20. The average Bonchev–Trinajstić information content (AvgIpc) is 3.49. The molecule has 2 amide bonds. The molecule has 172 valence electrons. The van der Waals surface area contributed by atoms with E-state index in [1.165, 1.54) is 30.5 Å². The third kappa shape index (κ3) is 5.27. The molecular weight excluding hydrogens is 460 g/mol. The topological polar surface area (TPSA) is 137 Å². The molecule has 0 saturated heterocycles. The molecule has 2 heterocycles. The lowest BCUT2D eigenvalue weighted by Crippen LogP contribution is -2.20. The van der Waals surface area contributed by atoms with E-state index in [1.54, 1.807) is 12.1 Å². The van der Waals surface area contributed by atoms with Crippen molar-refractivity contribution in [2.45, 2.75) is 6.92 Å². The minimum atomic E-state index is -0.587. The number of nitro groups is 1. The van der Waals surface area contributed by atoms with E-state index in [0.717, 1.165) is 22.5 Å². The number of carbonyl (C=O) groups excluding carboxylic acids is 2. The third-order valence-electron chi connectivity index (χ3n) is 4.59. The van der Waals surface area contributed by atoms with Gasteiger partial charge in [0.1, 0.15) is 10.7 Å². The lowest BCUT2D eigenvalue weighted by Gasteiger charge is -2.06. The van der Waals surface area contributed by atoms with Crippen LogP contribution in [-0.2, 0) is 4.79 Å². The number of rotatable bonds is 8. The van der Waals surface area contributed by atoms with Gasteiger partial charge >= 0.3 is 5.69 Å². The minimum Gasteiger partial charge on any atom is -0.477 e. The standard InChI is InChI=1S/C23H18N4O6S/c1-14-8-10-15(11-9-14)20-22(26-21(29)18-7-4-12-32-18)34-23(25-20)24-19(28)13-33-17-6-3-2-5-16(17)27(30)31/h2-12H,13H2,1H3,(H,26,29)(H,24,25,28). The van der Waals surface area contributed by atoms with Gasteiger partial charge in [-0.3, -0.25) is 25.0 Å². The molecule has 2 aromatic heterocycles. The van der Waals surface area contributed by atoms with Crippen LogP contribution in [0.5, 0.6) is 5.75 Å². The fourth-order valence-electron chi connectivity index (χ4n) is 2.97. The summed E-state index contributed by atoms with van der Waals surface area (Å²) in [6, 6.07) is 16.4. The zero-order valence-corrected chi connectivity index (χ0v) is 18.6. The lowest BCUT2D eigenvalue weighted by atomic mass is 10.1. The van der Waals surface area contributed by atoms with Crippen LogP contribution in [0.1, 0.15) is 16.1 Å². The highest BCUT2D eigenvalue weighted by Crippen LogP contribution is 2.36. The Balaban J connectivity index is 1.52. The first-order valence-electron chi connectivity index (χ1n) is 9.99. The van der Waals surface area contributed by atoms with E-state index in [4.69, 9.17) is 9.15 Å². The van der Waals surface area contributed by atoms with Crippen molar-refractivity contribution in [3.8, 4) is 17.0 Å². The summed E-state index contributed by atoms with van der Waals surface area (Å²) in [4.78, 5) is 39.9. The van der Waals surface area contributed by atoms with Gasteiger partial charge in [0.05, 0.1) is 11.2 Å². The zero-order chi connectivity index (χ0) is 24.1. The number of benzene rings is 2. The van der Waals surface area contributed by atoms with Crippen molar-refractivity contribution in [1.82, 2.24) is 4.98 Å². The Labute approximate surface area is 197 Å². The van der Waals surface area contributed by atoms with Crippen LogP contribution < -0.4 is 15.4 Å². The lowest BCUT2D eigenvalue weighted by molar-refractivity contribution is -0.385. The monoisotopic (exact) mass is 478 g/mol. The predicted octanol–water partition coefficient (Wildman–Crippen LogP) is 4.89. The van der Waals surface area contributed by atoms with Crippen molar-refractivity contribution in [1.29, 1.82) is 0 Å². The molecule has 0 unspecified atom stereocenters. The number of hydrogen-bond acceptors (Lipinski definition) is 8. The molecule has 4 rings (SSSR count). The van der Waals surface area contributed by atoms with Crippen LogP contribution in [0.15, 0.2) is 71.3 Å². The number of nitrogens with one attached hydrogen (secondary N) is 2. The minimum absolute atomic E-state index is 0.0199. The Morgan fingerprint density at radius 1 is 1.09 bits per heavy atom. The number of amides is 2. The molecule has 0 aliphatic rings. The van der Waals surface area contributed by atoms with Gasteiger partial charge in [0.2, 0.25) is 0 Å². The van der Waals surface area contributed by atoms with Crippen molar-refractivity contribution in [3.63, 3.8) is 0 Å². The molecule has 4 aromatic rings. The molecule has 0 radical (unpaired) electrons. The number of thiazole rings is 1. The van der Waals surface area contributed by atoms with E-state index in [2.05, 4.69) is 15.6 Å². The van der Waals surface area contributed by atoms with Crippen molar-refractivity contribution < 1.29 is 23.7 Å². The molecule has 2 aromatic carbocycles. The fourth-order valence-corrected chi connectivity index (χ4v) is 3.87. The molecule has 2 N–H and O–H groups in total. The van der Waals surface area contributed by atoms with Crippen LogP contribution in [0.3, 0.4) is 0 Å². The molecule has 0 saturated carbocycles. The zero-order valence-electron chi connectivity index (χ0n) is 17.8. The van der Waals surface area contributed by atoms with Crippen LogP contribution >= 0.6 is 11.3 Å². The van der Waals surface area contributed by atoms with Gasteiger partial charge in [-0.1, -0.05) is 53.3 Å². The quantitative estimate of drug-likeness (QED) is 0.272. The predicted molar refractivity (Wildman–Crippen MR) is 126 cm³/mol. The summed E-state index contributed by atoms with van der Waals surface area (Å²) in [6.45, 7) is 1.49. The molecule has 10 nitrogen and oxygen atoms in total. The number of aromatic nitrogens is 1. The highest BCUT2D eigenvalue weighted by atomic mass is 32.1. The van der Waals surface area contributed by atoms with Gasteiger partial charge in [0, 0.05) is 11.6 Å². The maximum Gasteiger partial charge on any atom is 0.310 e. The number of aryl methyl sites for hydroxylation is 1. The molecule has 0 spiro atoms. The van der Waals surface area contributed by atoms with Crippen LogP contribution in [0.4, 0.5) is 15.8 Å². The number of furan rings is 1. The summed E-state index contributed by atoms with van der Waals surface area (Å²) in [5.41, 5.74) is 2.03. The van der Waals surface area contributed by atoms with Crippen LogP contribution in [0, 0.1) is 17.0 Å². The maximum atomic E-state index is 12.5. The van der Waals surface area contributed by atoms with Gasteiger partial charge in [-0.2, -0.15) is 0 Å². The van der Waals surface area contributed by atoms with E-state index in [1.807, 2.05) is 31.2 Å². The second-order valence-electron chi connectivity index (χ2n) is 7.06. The number of ether oxygens (including phenoxy) is 1. The highest BCUT2D eigenvalue weighted by Gasteiger charge is 2.20. The second kappa shape index (κ2) is 9.96. The van der Waals surface area contributed by atoms with E-state index >= 15 is 0 Å². The van der Waals surface area contributed by atoms with Crippen LogP contribution in [-0.4, -0.2) is 28.3 Å². The molecule has 0 atom stereocenters. The summed E-state index contributed by atoms with van der Waals surface area (Å²) >= 11 is 1.06. The number of para-hydroxylation sites is 2. The van der Waals surface area contributed by atoms with Gasteiger partial charge in [0.25, 0.3) is 11.8 Å². The van der Waals surface area contributed by atoms with Gasteiger partial charge in [-0.15, -0.1) is 0 Å². The van der Waals surface area contributed by atoms with E-state index in [-0.39, 0.29) is 22.3 Å². The van der Waals surface area contributed by atoms with Gasteiger partial charge in [-0.05, 0) is 25.1 Å². The SMILES string of the molecule is Cc1ccc(-c2nc(NC(=O)COc3ccccc3[N+](=O)[O-])sc2NC(=O)c2ccco2)cc1. The fraction of sp³-hybridized carbons (Fsp3) is 0.0870. The van der Waals surface area contributed by atoms with E-state index in [9.17, 15) is 19.7 Å². The summed E-state index contributed by atoms with van der Waals surface area (Å²) < 4.78 is 10.5. The molecular formula is C23H18N4O6S. The summed E-state index contributed by atoms with van der Waals surface area (Å²) in [6.07, 6.45) is 1.39. The Morgan fingerprint density at radius 2 is 1.85 bits per heavy atom. The maximum absolute atomic E-state index is 12.5. The number of nitro benzene ring substituents is 1. The summed E-state index contributed by atoms with van der Waals surface area (Å²) in [5, 5.41) is 17.1. The number of carbonyl (C=O) groups is 2. The van der Waals surface area contributed by atoms with E-state index in [0.29, 0.717) is 10.7 Å². The molecule has 0 fully saturated rings. The van der Waals surface area contributed by atoms with Gasteiger partial charge in [0.15, 0.2) is 23.2 Å².